The molecule has 2 heteroatoms. The van der Waals surface area contributed by atoms with Crippen molar-refractivity contribution in [3.05, 3.63) is 0 Å². The van der Waals surface area contributed by atoms with Crippen LogP contribution in [-0.4, -0.2) is 19.6 Å². The highest BCUT2D eigenvalue weighted by Gasteiger charge is 1.82. The van der Waals surface area contributed by atoms with Gasteiger partial charge >= 0.3 is 0 Å². The quantitative estimate of drug-likeness (QED) is 0.411. The molecule has 0 rings (SSSR count). The van der Waals surface area contributed by atoms with Crippen molar-refractivity contribution in [2.45, 2.75) is 12.7 Å². The van der Waals surface area contributed by atoms with Crippen molar-refractivity contribution in [3.63, 3.8) is 0 Å². The molecule has 0 aliphatic carbocycles. The average molecular weight is 71.9 g/mol. The van der Waals surface area contributed by atoms with Crippen LogP contribution in [0.15, 0.2) is 0 Å². The van der Waals surface area contributed by atoms with Gasteiger partial charge in [-0.1, -0.05) is 6.92 Å². The van der Waals surface area contributed by atoms with Crippen LogP contribution in [0.5, 0.6) is 0 Å². The van der Waals surface area contributed by atoms with Gasteiger partial charge < -0.3 is 5.11 Å². The molecule has 1 N–H and O–H groups in total. The van der Waals surface area contributed by atoms with E-state index in [1.807, 2.05) is 14.8 Å². The Labute approximate surface area is 33.4 Å². The van der Waals surface area contributed by atoms with Gasteiger partial charge in [0.25, 0.3) is 0 Å². The van der Waals surface area contributed by atoms with Gasteiger partial charge in [0, 0.05) is 6.61 Å². The molecule has 0 aromatic carbocycles. The second kappa shape index (κ2) is 2.27. The Hall–Kier alpha value is 0.0249. The molecule has 0 radical (unpaired) electrons. The number of hydrogen-bond acceptors (Lipinski definition) is 1. The van der Waals surface area contributed by atoms with E-state index in [-0.39, 0.29) is 0 Å². The van der Waals surface area contributed by atoms with Crippen LogP contribution in [0.4, 0.5) is 0 Å². The number of rotatable bonds is 1. The Balaban J connectivity index is 2.54. The first kappa shape index (κ1) is 5.02. The van der Waals surface area contributed by atoms with Gasteiger partial charge in [-0.3, -0.25) is 0 Å². The summed E-state index contributed by atoms with van der Waals surface area (Å²) < 4.78 is 0. The molecular formula is C3H9BO. The van der Waals surface area contributed by atoms with Crippen LogP contribution in [0.3, 0.4) is 0 Å². The maximum absolute atomic E-state index is 8.14. The van der Waals surface area contributed by atoms with E-state index in [9.17, 15) is 0 Å². The van der Waals surface area contributed by atoms with Gasteiger partial charge in [0.15, 0.2) is 0 Å². The fourth-order valence-electron chi connectivity index (χ4n) is 0. The van der Waals surface area contributed by atoms with Gasteiger partial charge in [0.05, 0.1) is 0 Å². The lowest BCUT2D eigenvalue weighted by molar-refractivity contribution is 0.295. The number of hydrogen-bond donors (Lipinski definition) is 1. The van der Waals surface area contributed by atoms with Crippen LogP contribution in [-0.2, 0) is 0 Å². The maximum Gasteiger partial charge on any atom is 0.107 e. The van der Waals surface area contributed by atoms with Crippen LogP contribution in [0.2, 0.25) is 5.82 Å². The Morgan fingerprint density at radius 2 is 2.20 bits per heavy atom. The zero-order valence-corrected chi connectivity index (χ0v) is 3.73. The molecule has 1 nitrogen and oxygen atoms in total. The van der Waals surface area contributed by atoms with Crippen molar-refractivity contribution in [1.82, 2.24) is 0 Å². The highest BCUT2D eigenvalue weighted by Crippen LogP contribution is 1.87. The van der Waals surface area contributed by atoms with E-state index in [0.29, 0.717) is 12.4 Å². The maximum atomic E-state index is 8.14. The van der Waals surface area contributed by atoms with E-state index in [0.717, 1.165) is 0 Å². The van der Waals surface area contributed by atoms with Gasteiger partial charge in [0.1, 0.15) is 7.85 Å². The molecule has 1 atom stereocenters. The monoisotopic (exact) mass is 72.1 g/mol. The SMILES string of the molecule is B[C@H](C)CO. The molecule has 0 saturated carbocycles. The lowest BCUT2D eigenvalue weighted by Gasteiger charge is -1.89. The smallest absolute Gasteiger partial charge is 0.107 e. The summed E-state index contributed by atoms with van der Waals surface area (Å²) >= 11 is 0. The predicted molar refractivity (Wildman–Crippen MR) is 25.1 cm³/mol. The van der Waals surface area contributed by atoms with Gasteiger partial charge in [-0.15, -0.1) is 0 Å². The Morgan fingerprint density at radius 3 is 2.20 bits per heavy atom. The molecule has 0 unspecified atom stereocenters. The zero-order valence-electron chi connectivity index (χ0n) is 3.73. The van der Waals surface area contributed by atoms with Crippen molar-refractivity contribution in [1.29, 1.82) is 0 Å². The van der Waals surface area contributed by atoms with Gasteiger partial charge in [-0.25, -0.2) is 0 Å². The standard InChI is InChI=1S/C3H9BO/c1-3(4)2-5/h3,5H,2,4H2,1H3/t3-/m1/s1. The molecular weight excluding hydrogens is 62.8 g/mol. The summed E-state index contributed by atoms with van der Waals surface area (Å²) in [6, 6.07) is 0. The average Bonchev–Trinajstić information content (AvgIpc) is 1.38. The minimum atomic E-state index is 0.306. The van der Waals surface area contributed by atoms with Gasteiger partial charge in [-0.05, 0) is 5.82 Å². The zero-order chi connectivity index (χ0) is 4.28. The summed E-state index contributed by atoms with van der Waals surface area (Å²) in [5, 5.41) is 8.14. The third-order valence-electron chi connectivity index (χ3n) is 0.365. The summed E-state index contributed by atoms with van der Waals surface area (Å²) in [6.45, 7) is 2.28. The van der Waals surface area contributed by atoms with E-state index in [1.54, 1.807) is 0 Å². The lowest BCUT2D eigenvalue weighted by Crippen LogP contribution is -1.89. The molecule has 0 heterocycles. The highest BCUT2D eigenvalue weighted by atomic mass is 16.3. The molecule has 0 fully saturated rings. The largest absolute Gasteiger partial charge is 0.397 e. The summed E-state index contributed by atoms with van der Waals surface area (Å²) in [5.41, 5.74) is 0. The van der Waals surface area contributed by atoms with Crippen LogP contribution in [0.25, 0.3) is 0 Å². The van der Waals surface area contributed by atoms with Crippen molar-refractivity contribution >= 4 is 7.85 Å². The van der Waals surface area contributed by atoms with Crippen LogP contribution >= 0.6 is 0 Å². The molecule has 0 aromatic heterocycles. The van der Waals surface area contributed by atoms with Crippen LogP contribution in [0, 0.1) is 0 Å². The van der Waals surface area contributed by atoms with Crippen LogP contribution in [0.1, 0.15) is 6.92 Å². The molecule has 30 valence electrons. The molecule has 0 amide bonds. The molecule has 5 heavy (non-hydrogen) atoms. The van der Waals surface area contributed by atoms with Gasteiger partial charge in [0.2, 0.25) is 0 Å². The van der Waals surface area contributed by atoms with Crippen molar-refractivity contribution in [2.24, 2.45) is 0 Å². The Kier molecular flexibility index (Phi) is 2.28. The third kappa shape index (κ3) is 4.02. The van der Waals surface area contributed by atoms with Crippen LogP contribution < -0.4 is 0 Å². The first-order valence-electron chi connectivity index (χ1n) is 1.88. The summed E-state index contributed by atoms with van der Waals surface area (Å²) in [6.07, 6.45) is 0. The highest BCUT2D eigenvalue weighted by molar-refractivity contribution is 6.11. The van der Waals surface area contributed by atoms with E-state index < -0.39 is 0 Å². The topological polar surface area (TPSA) is 20.2 Å². The lowest BCUT2D eigenvalue weighted by atomic mass is 9.91. The fraction of sp³-hybridized carbons (Fsp3) is 1.00. The minimum absolute atomic E-state index is 0.306. The Morgan fingerprint density at radius 1 is 2.00 bits per heavy atom. The molecule has 0 aliphatic rings. The first-order chi connectivity index (χ1) is 2.27. The molecule has 0 bridgehead atoms. The summed E-state index contributed by atoms with van der Waals surface area (Å²) in [5.74, 6) is 0.440. The van der Waals surface area contributed by atoms with E-state index in [4.69, 9.17) is 5.11 Å². The third-order valence-corrected chi connectivity index (χ3v) is 0.365. The number of aliphatic hydroxyl groups excluding tert-OH is 1. The normalized spacial score (nSPS) is 14.8. The second-order valence-corrected chi connectivity index (χ2v) is 1.58. The molecule has 0 saturated heterocycles. The molecule has 0 aliphatic heterocycles. The number of aliphatic hydroxyl groups is 1. The fourth-order valence-corrected chi connectivity index (χ4v) is 0. The van der Waals surface area contributed by atoms with E-state index in [2.05, 4.69) is 0 Å². The second-order valence-electron chi connectivity index (χ2n) is 1.58. The van der Waals surface area contributed by atoms with Crippen molar-refractivity contribution in [2.75, 3.05) is 6.61 Å². The predicted octanol–water partition coefficient (Wildman–Crippen LogP) is -0.580. The van der Waals surface area contributed by atoms with Gasteiger partial charge in [-0.2, -0.15) is 0 Å². The van der Waals surface area contributed by atoms with Crippen molar-refractivity contribution in [3.8, 4) is 0 Å². The van der Waals surface area contributed by atoms with E-state index >= 15 is 0 Å². The summed E-state index contributed by atoms with van der Waals surface area (Å²) in [4.78, 5) is 0. The molecule has 0 spiro atoms. The minimum Gasteiger partial charge on any atom is -0.397 e. The van der Waals surface area contributed by atoms with E-state index in [1.165, 1.54) is 0 Å². The van der Waals surface area contributed by atoms with Crippen molar-refractivity contribution < 1.29 is 5.11 Å². The first-order valence-corrected chi connectivity index (χ1v) is 1.88. The Bertz CT molecular complexity index is 20.9. The molecule has 0 aromatic rings. The summed E-state index contributed by atoms with van der Waals surface area (Å²) in [7, 11) is 1.97.